The van der Waals surface area contributed by atoms with Gasteiger partial charge < -0.3 is 11.1 Å². The van der Waals surface area contributed by atoms with Crippen molar-refractivity contribution in [1.82, 2.24) is 5.32 Å². The van der Waals surface area contributed by atoms with Crippen molar-refractivity contribution in [2.75, 3.05) is 6.54 Å². The van der Waals surface area contributed by atoms with Crippen molar-refractivity contribution < 1.29 is 4.79 Å². The Kier molecular flexibility index (Phi) is 3.05. The van der Waals surface area contributed by atoms with Crippen LogP contribution in [-0.4, -0.2) is 18.0 Å². The van der Waals surface area contributed by atoms with Crippen LogP contribution in [0.5, 0.6) is 0 Å². The molecule has 3 N–H and O–H groups in total. The lowest BCUT2D eigenvalue weighted by molar-refractivity contribution is -0.136. The molecule has 4 rings (SSSR count). The molecule has 0 aromatic carbocycles. The first-order chi connectivity index (χ1) is 9.02. The van der Waals surface area contributed by atoms with Crippen molar-refractivity contribution in [3.8, 4) is 6.07 Å². The molecule has 4 aliphatic rings. The highest BCUT2D eigenvalue weighted by atomic mass is 16.2. The van der Waals surface area contributed by atoms with Crippen molar-refractivity contribution >= 4 is 5.91 Å². The van der Waals surface area contributed by atoms with E-state index < -0.39 is 5.54 Å². The fourth-order valence-electron chi connectivity index (χ4n) is 5.37. The first kappa shape index (κ1) is 12.9. The number of nitrogens with two attached hydrogens (primary N) is 1. The minimum absolute atomic E-state index is 0.0545. The smallest absolute Gasteiger partial charge is 0.240 e. The van der Waals surface area contributed by atoms with Crippen molar-refractivity contribution in [3.05, 3.63) is 0 Å². The lowest BCUT2D eigenvalue weighted by Crippen LogP contribution is -2.64. The van der Waals surface area contributed by atoms with Crippen LogP contribution in [0.3, 0.4) is 0 Å². The van der Waals surface area contributed by atoms with Crippen LogP contribution in [-0.2, 0) is 4.79 Å². The molecule has 0 radical (unpaired) electrons. The van der Waals surface area contributed by atoms with E-state index in [1.54, 1.807) is 0 Å². The number of nitriles is 1. The Bertz CT molecular complexity index is 396. The Balaban J connectivity index is 1.78. The van der Waals surface area contributed by atoms with Gasteiger partial charge in [0.15, 0.2) is 0 Å². The summed E-state index contributed by atoms with van der Waals surface area (Å²) in [6.07, 6.45) is 6.44. The lowest BCUT2D eigenvalue weighted by Gasteiger charge is -2.58. The van der Waals surface area contributed by atoms with Gasteiger partial charge in [-0.3, -0.25) is 4.79 Å². The summed E-state index contributed by atoms with van der Waals surface area (Å²) in [6.45, 7) is 1.92. The second-order valence-electron chi connectivity index (χ2n) is 7.08. The molecule has 0 aliphatic heterocycles. The number of carbonyl (C=O) groups is 1. The van der Waals surface area contributed by atoms with E-state index >= 15 is 0 Å². The molecule has 0 aromatic heterocycles. The number of nitrogens with one attached hydrogen (secondary N) is 1. The van der Waals surface area contributed by atoms with Crippen LogP contribution in [0.1, 0.15) is 39.0 Å². The summed E-state index contributed by atoms with van der Waals surface area (Å²) >= 11 is 0. The molecular formula is C15H23N3O. The summed E-state index contributed by atoms with van der Waals surface area (Å²) in [7, 11) is 0. The molecule has 4 bridgehead atoms. The normalized spacial score (nSPS) is 42.5. The van der Waals surface area contributed by atoms with Gasteiger partial charge in [-0.05, 0) is 68.6 Å². The second-order valence-corrected chi connectivity index (χ2v) is 7.08. The highest BCUT2D eigenvalue weighted by Gasteiger charge is 2.55. The van der Waals surface area contributed by atoms with E-state index in [0.29, 0.717) is 17.8 Å². The molecule has 4 nitrogen and oxygen atoms in total. The zero-order valence-corrected chi connectivity index (χ0v) is 11.6. The molecule has 104 valence electrons. The SMILES string of the molecule is CC(N)(C(=O)NCC#N)C1C2CC3CC(C2)CC1C3. The average molecular weight is 261 g/mol. The lowest BCUT2D eigenvalue weighted by atomic mass is 9.48. The van der Waals surface area contributed by atoms with Gasteiger partial charge in [0.1, 0.15) is 6.54 Å². The summed E-state index contributed by atoms with van der Waals surface area (Å²) in [4.78, 5) is 12.3. The second kappa shape index (κ2) is 4.49. The zero-order valence-electron chi connectivity index (χ0n) is 11.6. The maximum Gasteiger partial charge on any atom is 0.240 e. The number of nitrogens with zero attached hydrogens (tertiary/aromatic N) is 1. The first-order valence-corrected chi connectivity index (χ1v) is 7.46. The molecular weight excluding hydrogens is 238 g/mol. The Hall–Kier alpha value is -1.08. The van der Waals surface area contributed by atoms with Crippen LogP contribution < -0.4 is 11.1 Å². The van der Waals surface area contributed by atoms with E-state index in [1.165, 1.54) is 32.1 Å². The molecule has 1 atom stereocenters. The zero-order chi connectivity index (χ0) is 13.6. The fourth-order valence-corrected chi connectivity index (χ4v) is 5.37. The molecule has 4 fully saturated rings. The quantitative estimate of drug-likeness (QED) is 0.754. The van der Waals surface area contributed by atoms with Gasteiger partial charge in [-0.1, -0.05) is 0 Å². The summed E-state index contributed by atoms with van der Waals surface area (Å²) in [5, 5.41) is 11.2. The van der Waals surface area contributed by atoms with E-state index in [4.69, 9.17) is 11.0 Å². The third-order valence-electron chi connectivity index (χ3n) is 5.74. The first-order valence-electron chi connectivity index (χ1n) is 7.46. The summed E-state index contributed by atoms with van der Waals surface area (Å²) in [5.41, 5.74) is 5.58. The number of hydrogen-bond donors (Lipinski definition) is 2. The molecule has 0 saturated heterocycles. The number of hydrogen-bond acceptors (Lipinski definition) is 3. The van der Waals surface area contributed by atoms with E-state index in [0.717, 1.165) is 11.8 Å². The van der Waals surface area contributed by atoms with E-state index in [1.807, 2.05) is 13.0 Å². The minimum atomic E-state index is -0.820. The van der Waals surface area contributed by atoms with Crippen LogP contribution in [0.15, 0.2) is 0 Å². The molecule has 4 heteroatoms. The van der Waals surface area contributed by atoms with Gasteiger partial charge in [0, 0.05) is 0 Å². The number of rotatable bonds is 3. The molecule has 0 aromatic rings. The maximum atomic E-state index is 12.3. The largest absolute Gasteiger partial charge is 0.341 e. The van der Waals surface area contributed by atoms with E-state index in [9.17, 15) is 4.79 Å². The van der Waals surface area contributed by atoms with Crippen molar-refractivity contribution in [2.45, 2.75) is 44.6 Å². The predicted molar refractivity (Wildman–Crippen MR) is 71.8 cm³/mol. The standard InChI is InChI=1S/C15H23N3O/c1-15(17,14(19)18-3-2-16)13-11-5-9-4-10(7-11)8-12(13)6-9/h9-13H,3-8,17H2,1H3,(H,18,19). The molecule has 19 heavy (non-hydrogen) atoms. The van der Waals surface area contributed by atoms with Crippen LogP contribution >= 0.6 is 0 Å². The van der Waals surface area contributed by atoms with Crippen LogP contribution in [0.25, 0.3) is 0 Å². The van der Waals surface area contributed by atoms with Gasteiger partial charge in [-0.2, -0.15) is 5.26 Å². The number of amides is 1. The third-order valence-corrected chi connectivity index (χ3v) is 5.74. The fraction of sp³-hybridized carbons (Fsp3) is 0.867. The maximum absolute atomic E-state index is 12.3. The summed E-state index contributed by atoms with van der Waals surface area (Å²) in [5.74, 6) is 3.18. The van der Waals surface area contributed by atoms with Gasteiger partial charge in [0.2, 0.25) is 5.91 Å². The Morgan fingerprint density at radius 3 is 2.26 bits per heavy atom. The topological polar surface area (TPSA) is 78.9 Å². The van der Waals surface area contributed by atoms with E-state index in [-0.39, 0.29) is 12.5 Å². The summed E-state index contributed by atoms with van der Waals surface area (Å²) < 4.78 is 0. The number of carbonyl (C=O) groups excluding carboxylic acids is 1. The monoisotopic (exact) mass is 261 g/mol. The molecule has 0 heterocycles. The van der Waals surface area contributed by atoms with Crippen molar-refractivity contribution in [3.63, 3.8) is 0 Å². The van der Waals surface area contributed by atoms with Crippen LogP contribution in [0.4, 0.5) is 0 Å². The van der Waals surface area contributed by atoms with Crippen LogP contribution in [0, 0.1) is 40.9 Å². The van der Waals surface area contributed by atoms with Crippen LogP contribution in [0.2, 0.25) is 0 Å². The van der Waals surface area contributed by atoms with Gasteiger partial charge in [-0.25, -0.2) is 0 Å². The molecule has 1 unspecified atom stereocenters. The molecule has 4 aliphatic carbocycles. The summed E-state index contributed by atoms with van der Waals surface area (Å²) in [6, 6.07) is 1.95. The van der Waals surface area contributed by atoms with E-state index in [2.05, 4.69) is 5.32 Å². The molecule has 0 spiro atoms. The Morgan fingerprint density at radius 1 is 1.26 bits per heavy atom. The average Bonchev–Trinajstić information content (AvgIpc) is 2.34. The Labute approximate surface area is 114 Å². The minimum Gasteiger partial charge on any atom is -0.341 e. The third kappa shape index (κ3) is 2.04. The highest BCUT2D eigenvalue weighted by molar-refractivity contribution is 5.86. The Morgan fingerprint density at radius 2 is 1.79 bits per heavy atom. The van der Waals surface area contributed by atoms with Gasteiger partial charge in [-0.15, -0.1) is 0 Å². The highest BCUT2D eigenvalue weighted by Crippen LogP contribution is 2.58. The molecule has 1 amide bonds. The van der Waals surface area contributed by atoms with Gasteiger partial charge in [0.25, 0.3) is 0 Å². The van der Waals surface area contributed by atoms with Gasteiger partial charge in [0.05, 0.1) is 11.6 Å². The predicted octanol–water partition coefficient (Wildman–Crippen LogP) is 1.42. The molecule has 4 saturated carbocycles. The van der Waals surface area contributed by atoms with Gasteiger partial charge >= 0.3 is 0 Å². The van der Waals surface area contributed by atoms with Crippen molar-refractivity contribution in [2.24, 2.45) is 35.3 Å². The van der Waals surface area contributed by atoms with Crippen molar-refractivity contribution in [1.29, 1.82) is 5.26 Å².